The highest BCUT2D eigenvalue weighted by molar-refractivity contribution is 8.18. The van der Waals surface area contributed by atoms with Crippen LogP contribution in [-0.4, -0.2) is 68.3 Å². The van der Waals surface area contributed by atoms with Crippen molar-refractivity contribution in [2.24, 2.45) is 9.98 Å². The predicted molar refractivity (Wildman–Crippen MR) is 135 cm³/mol. The number of carbonyl (C=O) groups is 2. The number of amides is 2. The van der Waals surface area contributed by atoms with Crippen LogP contribution in [0.2, 0.25) is 0 Å². The molecule has 0 bridgehead atoms. The van der Waals surface area contributed by atoms with Crippen LogP contribution >= 0.6 is 23.5 Å². The van der Waals surface area contributed by atoms with Crippen molar-refractivity contribution in [1.29, 1.82) is 0 Å². The van der Waals surface area contributed by atoms with Gasteiger partial charge in [-0.3, -0.25) is 9.59 Å². The van der Waals surface area contributed by atoms with Crippen molar-refractivity contribution in [1.82, 2.24) is 9.80 Å². The third-order valence-electron chi connectivity index (χ3n) is 5.42. The molecule has 10 heteroatoms. The van der Waals surface area contributed by atoms with Crippen molar-refractivity contribution < 1.29 is 19.8 Å². The Morgan fingerprint density at radius 1 is 0.647 bits per heavy atom. The fourth-order valence-electron chi connectivity index (χ4n) is 3.60. The maximum Gasteiger partial charge on any atom is 0.286 e. The van der Waals surface area contributed by atoms with Crippen LogP contribution < -0.4 is 0 Å². The van der Waals surface area contributed by atoms with Crippen molar-refractivity contribution in [3.05, 3.63) is 69.5 Å². The summed E-state index contributed by atoms with van der Waals surface area (Å²) in [6, 6.07) is 13.3. The minimum atomic E-state index is -0.263. The van der Waals surface area contributed by atoms with E-state index in [2.05, 4.69) is 19.8 Å². The molecule has 0 radical (unpaired) electrons. The molecule has 3 heterocycles. The lowest BCUT2D eigenvalue weighted by atomic mass is 10.2. The van der Waals surface area contributed by atoms with Gasteiger partial charge in [0, 0.05) is 26.2 Å². The van der Waals surface area contributed by atoms with Gasteiger partial charge < -0.3 is 20.0 Å². The summed E-state index contributed by atoms with van der Waals surface area (Å²) >= 11 is 2.70. The highest BCUT2D eigenvalue weighted by Gasteiger charge is 2.32. The van der Waals surface area contributed by atoms with Crippen LogP contribution in [0.25, 0.3) is 12.2 Å². The fraction of sp³-hybridized carbons (Fsp3) is 0.167. The maximum atomic E-state index is 12.4. The van der Waals surface area contributed by atoms with Crippen LogP contribution in [0.4, 0.5) is 0 Å². The Balaban J connectivity index is 1.18. The molecular formula is C24H20N4O4S2. The Morgan fingerprint density at radius 3 is 1.35 bits per heavy atom. The average Bonchev–Trinajstić information content (AvgIpc) is 3.39. The topological polar surface area (TPSA) is 106 Å². The Labute approximate surface area is 204 Å². The number of carbonyl (C=O) groups excluding carboxylic acids is 2. The first-order valence-corrected chi connectivity index (χ1v) is 12.2. The van der Waals surface area contributed by atoms with Gasteiger partial charge in [-0.25, -0.2) is 0 Å². The van der Waals surface area contributed by atoms with Crippen molar-refractivity contribution in [2.45, 2.75) is 0 Å². The first-order chi connectivity index (χ1) is 16.4. The molecule has 2 amide bonds. The lowest BCUT2D eigenvalue weighted by Gasteiger charge is -2.35. The minimum absolute atomic E-state index is 0.178. The Kier molecular flexibility index (Phi) is 6.16. The highest BCUT2D eigenvalue weighted by Crippen LogP contribution is 2.33. The lowest BCUT2D eigenvalue weighted by Crippen LogP contribution is -2.49. The first kappa shape index (κ1) is 22.3. The van der Waals surface area contributed by atoms with Gasteiger partial charge in [0.15, 0.2) is 10.3 Å². The molecule has 2 N–H and O–H groups in total. The van der Waals surface area contributed by atoms with Gasteiger partial charge in [-0.05, 0) is 71.1 Å². The molecule has 0 unspecified atom stereocenters. The zero-order valence-corrected chi connectivity index (χ0v) is 19.6. The third kappa shape index (κ3) is 4.87. The monoisotopic (exact) mass is 492 g/mol. The van der Waals surface area contributed by atoms with Crippen LogP contribution in [0.1, 0.15) is 11.1 Å². The molecule has 0 spiro atoms. The number of hydrogen-bond donors (Lipinski definition) is 2. The first-order valence-electron chi connectivity index (χ1n) is 10.6. The number of benzene rings is 2. The number of nitrogens with zero attached hydrogens (tertiary/aromatic N) is 4. The summed E-state index contributed by atoms with van der Waals surface area (Å²) in [5.41, 5.74) is 1.65. The van der Waals surface area contributed by atoms with Crippen LogP contribution in [0.5, 0.6) is 11.5 Å². The molecule has 34 heavy (non-hydrogen) atoms. The van der Waals surface area contributed by atoms with E-state index in [4.69, 9.17) is 0 Å². The maximum absolute atomic E-state index is 12.4. The number of aliphatic imine (C=N–C) groups is 2. The van der Waals surface area contributed by atoms with E-state index < -0.39 is 0 Å². The molecule has 3 aliphatic heterocycles. The van der Waals surface area contributed by atoms with E-state index in [0.717, 1.165) is 11.1 Å². The highest BCUT2D eigenvalue weighted by atomic mass is 32.2. The molecule has 5 rings (SSSR count). The van der Waals surface area contributed by atoms with Gasteiger partial charge in [0.1, 0.15) is 11.5 Å². The summed E-state index contributed by atoms with van der Waals surface area (Å²) in [7, 11) is 0. The second-order valence-corrected chi connectivity index (χ2v) is 9.80. The normalized spacial score (nSPS) is 20.9. The van der Waals surface area contributed by atoms with Crippen molar-refractivity contribution in [2.75, 3.05) is 26.2 Å². The summed E-state index contributed by atoms with van der Waals surface area (Å²) in [6.45, 7) is 2.65. The van der Waals surface area contributed by atoms with Gasteiger partial charge >= 0.3 is 0 Å². The number of thioether (sulfide) groups is 2. The van der Waals surface area contributed by atoms with Crippen LogP contribution in [-0.2, 0) is 9.59 Å². The largest absolute Gasteiger partial charge is 0.508 e. The minimum Gasteiger partial charge on any atom is -0.508 e. The molecule has 172 valence electrons. The van der Waals surface area contributed by atoms with E-state index in [9.17, 15) is 19.8 Å². The van der Waals surface area contributed by atoms with Crippen molar-refractivity contribution in [3.8, 4) is 11.5 Å². The Hall–Kier alpha value is -3.50. The number of rotatable bonds is 2. The molecule has 8 nitrogen and oxygen atoms in total. The number of piperazine rings is 1. The fourth-order valence-corrected chi connectivity index (χ4v) is 5.53. The van der Waals surface area contributed by atoms with E-state index in [-0.39, 0.29) is 23.3 Å². The van der Waals surface area contributed by atoms with Gasteiger partial charge in [0.2, 0.25) is 0 Å². The standard InChI is InChI=1S/C24H20N4O4S2/c29-17-5-1-15(2-6-17)13-19-21(31)25-23(33-19)27-9-11-28(12-10-27)24-26-22(32)20(34-24)14-16-3-7-18(30)8-4-16/h1-8,13-14,29-30H,9-12H2. The molecular weight excluding hydrogens is 472 g/mol. The summed E-state index contributed by atoms with van der Waals surface area (Å²) < 4.78 is 0. The van der Waals surface area contributed by atoms with E-state index in [1.807, 2.05) is 0 Å². The van der Waals surface area contributed by atoms with Crippen molar-refractivity contribution >= 4 is 57.8 Å². The van der Waals surface area contributed by atoms with Gasteiger partial charge in [0.25, 0.3) is 11.8 Å². The molecule has 0 atom stereocenters. The Bertz CT molecular complexity index is 1160. The zero-order chi connectivity index (χ0) is 23.7. The summed E-state index contributed by atoms with van der Waals surface area (Å²) in [6.07, 6.45) is 3.55. The quantitative estimate of drug-likeness (QED) is 0.615. The van der Waals surface area contributed by atoms with Gasteiger partial charge in [-0.2, -0.15) is 9.98 Å². The second kappa shape index (κ2) is 9.40. The molecule has 0 aromatic heterocycles. The van der Waals surface area contributed by atoms with E-state index in [0.29, 0.717) is 46.3 Å². The van der Waals surface area contributed by atoms with E-state index >= 15 is 0 Å². The number of aromatic hydroxyl groups is 2. The third-order valence-corrected chi connectivity index (χ3v) is 7.51. The molecule has 1 fully saturated rings. The number of phenolic OH excluding ortho intramolecular Hbond substituents is 2. The lowest BCUT2D eigenvalue weighted by molar-refractivity contribution is -0.114. The molecule has 1 saturated heterocycles. The average molecular weight is 493 g/mol. The SMILES string of the molecule is O=C1N=C(N2CCN(C3=NC(=O)C(=Cc4ccc(O)cc4)S3)CC2)SC1=Cc1ccc(O)cc1. The predicted octanol–water partition coefficient (Wildman–Crippen LogP) is 3.36. The number of hydrogen-bond acceptors (Lipinski definition) is 8. The van der Waals surface area contributed by atoms with E-state index in [1.165, 1.54) is 23.5 Å². The van der Waals surface area contributed by atoms with E-state index in [1.54, 1.807) is 60.7 Å². The van der Waals surface area contributed by atoms with Crippen molar-refractivity contribution in [3.63, 3.8) is 0 Å². The molecule has 2 aromatic rings. The molecule has 0 aliphatic carbocycles. The van der Waals surface area contributed by atoms with Crippen LogP contribution in [0, 0.1) is 0 Å². The summed E-state index contributed by atoms with van der Waals surface area (Å²) in [5.74, 6) is -0.171. The summed E-state index contributed by atoms with van der Waals surface area (Å²) in [5, 5.41) is 20.2. The van der Waals surface area contributed by atoms with Crippen LogP contribution in [0.3, 0.4) is 0 Å². The van der Waals surface area contributed by atoms with Gasteiger partial charge in [-0.1, -0.05) is 24.3 Å². The molecule has 0 saturated carbocycles. The Morgan fingerprint density at radius 2 is 1.00 bits per heavy atom. The smallest absolute Gasteiger partial charge is 0.286 e. The number of phenols is 2. The molecule has 3 aliphatic rings. The summed E-state index contributed by atoms with van der Waals surface area (Å²) in [4.78, 5) is 38.4. The number of amidine groups is 2. The van der Waals surface area contributed by atoms with Gasteiger partial charge in [-0.15, -0.1) is 0 Å². The zero-order valence-electron chi connectivity index (χ0n) is 17.9. The van der Waals surface area contributed by atoms with Crippen LogP contribution in [0.15, 0.2) is 68.3 Å². The van der Waals surface area contributed by atoms with Gasteiger partial charge in [0.05, 0.1) is 9.81 Å². The molecule has 2 aromatic carbocycles. The second-order valence-electron chi connectivity index (χ2n) is 7.78.